The smallest absolute Gasteiger partial charge is 0.226 e. The van der Waals surface area contributed by atoms with Crippen molar-refractivity contribution in [2.75, 3.05) is 6.54 Å². The van der Waals surface area contributed by atoms with Gasteiger partial charge in [0.05, 0.1) is 6.10 Å². The standard InChI is InChI=1S/C17H27NO2.C2H6/c1-4-6-7-9-16(19)15(5-2)12-11-14(3)18-13-8-10-17(18)20;1-2/h5,11-12,16,19H,2,4,6-10,13H2,1,3H3;1-2H3/b14-11+,15-12+;. The normalized spacial score (nSPS) is 17.1. The molecule has 1 aliphatic heterocycles. The maximum atomic E-state index is 11.6. The molecule has 1 saturated heterocycles. The third-order valence-electron chi connectivity index (χ3n) is 3.72. The van der Waals surface area contributed by atoms with Crippen LogP contribution in [0.3, 0.4) is 0 Å². The van der Waals surface area contributed by atoms with Crippen molar-refractivity contribution in [1.29, 1.82) is 0 Å². The van der Waals surface area contributed by atoms with Gasteiger partial charge < -0.3 is 10.0 Å². The minimum absolute atomic E-state index is 0.191. The molecule has 0 bridgehead atoms. The Bertz CT molecular complexity index is 396. The van der Waals surface area contributed by atoms with Gasteiger partial charge in [0.2, 0.25) is 5.91 Å². The van der Waals surface area contributed by atoms with E-state index in [1.807, 2.05) is 32.9 Å². The summed E-state index contributed by atoms with van der Waals surface area (Å²) in [6.45, 7) is 12.6. The average Bonchev–Trinajstić information content (AvgIpc) is 2.96. The first-order valence-corrected chi connectivity index (χ1v) is 8.59. The minimum atomic E-state index is -0.461. The van der Waals surface area contributed by atoms with Gasteiger partial charge in [0.15, 0.2) is 0 Å². The summed E-state index contributed by atoms with van der Waals surface area (Å²) in [6.07, 6.45) is 10.7. The number of likely N-dealkylation sites (tertiary alicyclic amines) is 1. The van der Waals surface area contributed by atoms with Crippen LogP contribution in [-0.4, -0.2) is 28.6 Å². The van der Waals surface area contributed by atoms with Crippen LogP contribution in [0.2, 0.25) is 0 Å². The zero-order valence-corrected chi connectivity index (χ0v) is 14.8. The van der Waals surface area contributed by atoms with E-state index in [2.05, 4.69) is 13.5 Å². The molecule has 126 valence electrons. The molecule has 0 aromatic rings. The van der Waals surface area contributed by atoms with E-state index in [0.717, 1.165) is 49.9 Å². The fourth-order valence-corrected chi connectivity index (χ4v) is 2.40. The highest BCUT2D eigenvalue weighted by molar-refractivity contribution is 5.79. The first kappa shape index (κ1) is 20.6. The predicted octanol–water partition coefficient (Wildman–Crippen LogP) is 4.59. The third kappa shape index (κ3) is 7.08. The first-order chi connectivity index (χ1) is 10.6. The Balaban J connectivity index is 0.00000211. The van der Waals surface area contributed by atoms with Crippen LogP contribution in [0.5, 0.6) is 0 Å². The largest absolute Gasteiger partial charge is 0.388 e. The van der Waals surface area contributed by atoms with Gasteiger partial charge in [-0.2, -0.15) is 0 Å². The fraction of sp³-hybridized carbons (Fsp3) is 0.632. The molecule has 1 atom stereocenters. The lowest BCUT2D eigenvalue weighted by Crippen LogP contribution is -2.22. The number of hydrogen-bond donors (Lipinski definition) is 1. The Morgan fingerprint density at radius 3 is 2.55 bits per heavy atom. The van der Waals surface area contributed by atoms with Gasteiger partial charge in [0.25, 0.3) is 0 Å². The molecule has 1 rings (SSSR count). The second-order valence-electron chi connectivity index (χ2n) is 5.34. The van der Waals surface area contributed by atoms with Crippen LogP contribution in [0, 0.1) is 0 Å². The number of hydrogen-bond acceptors (Lipinski definition) is 2. The monoisotopic (exact) mass is 307 g/mol. The van der Waals surface area contributed by atoms with E-state index < -0.39 is 6.10 Å². The molecular formula is C19H33NO2. The Hall–Kier alpha value is -1.35. The van der Waals surface area contributed by atoms with E-state index in [1.54, 1.807) is 11.0 Å². The highest BCUT2D eigenvalue weighted by Crippen LogP contribution is 2.17. The van der Waals surface area contributed by atoms with Crippen LogP contribution < -0.4 is 0 Å². The maximum Gasteiger partial charge on any atom is 0.226 e. The van der Waals surface area contributed by atoms with Gasteiger partial charge in [0, 0.05) is 18.7 Å². The molecule has 1 aliphatic rings. The van der Waals surface area contributed by atoms with E-state index >= 15 is 0 Å². The van der Waals surface area contributed by atoms with Crippen molar-refractivity contribution in [1.82, 2.24) is 4.90 Å². The Morgan fingerprint density at radius 1 is 1.36 bits per heavy atom. The van der Waals surface area contributed by atoms with Crippen LogP contribution in [-0.2, 0) is 4.79 Å². The van der Waals surface area contributed by atoms with Gasteiger partial charge in [-0.05, 0) is 31.4 Å². The molecule has 0 aromatic heterocycles. The molecule has 0 spiro atoms. The second kappa shape index (κ2) is 12.2. The SMILES string of the molecule is C=C/C(=C\C=C(/C)N1CCCC1=O)C(O)CCCCC.CC. The van der Waals surface area contributed by atoms with Crippen LogP contribution in [0.4, 0.5) is 0 Å². The van der Waals surface area contributed by atoms with Crippen LogP contribution >= 0.6 is 0 Å². The summed E-state index contributed by atoms with van der Waals surface area (Å²) >= 11 is 0. The number of rotatable bonds is 8. The van der Waals surface area contributed by atoms with Crippen molar-refractivity contribution in [2.24, 2.45) is 0 Å². The fourth-order valence-electron chi connectivity index (χ4n) is 2.40. The molecule has 0 aromatic carbocycles. The molecule has 0 radical (unpaired) electrons. The van der Waals surface area contributed by atoms with Crippen molar-refractivity contribution < 1.29 is 9.90 Å². The van der Waals surface area contributed by atoms with E-state index in [-0.39, 0.29) is 5.91 Å². The van der Waals surface area contributed by atoms with Crippen molar-refractivity contribution in [2.45, 2.75) is 72.3 Å². The molecule has 1 fully saturated rings. The Kier molecular flexibility index (Phi) is 11.5. The third-order valence-corrected chi connectivity index (χ3v) is 3.72. The molecule has 22 heavy (non-hydrogen) atoms. The summed E-state index contributed by atoms with van der Waals surface area (Å²) in [5, 5.41) is 10.1. The Labute approximate surface area is 136 Å². The summed E-state index contributed by atoms with van der Waals surface area (Å²) in [6, 6.07) is 0. The number of amides is 1. The van der Waals surface area contributed by atoms with Crippen LogP contribution in [0.25, 0.3) is 0 Å². The van der Waals surface area contributed by atoms with Crippen molar-refractivity contribution in [3.63, 3.8) is 0 Å². The summed E-state index contributed by atoms with van der Waals surface area (Å²) in [5.41, 5.74) is 1.76. The van der Waals surface area contributed by atoms with Gasteiger partial charge in [-0.3, -0.25) is 4.79 Å². The molecule has 1 unspecified atom stereocenters. The number of nitrogens with zero attached hydrogens (tertiary/aromatic N) is 1. The van der Waals surface area contributed by atoms with E-state index in [4.69, 9.17) is 0 Å². The highest BCUT2D eigenvalue weighted by atomic mass is 16.3. The number of aliphatic hydroxyl groups excluding tert-OH is 1. The van der Waals surface area contributed by atoms with Crippen molar-refractivity contribution in [3.8, 4) is 0 Å². The predicted molar refractivity (Wildman–Crippen MR) is 94.5 cm³/mol. The lowest BCUT2D eigenvalue weighted by atomic mass is 10.0. The zero-order valence-electron chi connectivity index (χ0n) is 14.8. The zero-order chi connectivity index (χ0) is 17.0. The molecule has 1 N–H and O–H groups in total. The van der Waals surface area contributed by atoms with E-state index in [9.17, 15) is 9.90 Å². The highest BCUT2D eigenvalue weighted by Gasteiger charge is 2.20. The second-order valence-corrected chi connectivity index (χ2v) is 5.34. The summed E-state index contributed by atoms with van der Waals surface area (Å²) < 4.78 is 0. The molecule has 0 saturated carbocycles. The number of carbonyl (C=O) groups is 1. The van der Waals surface area contributed by atoms with Crippen LogP contribution in [0.15, 0.2) is 36.1 Å². The van der Waals surface area contributed by atoms with Crippen molar-refractivity contribution in [3.05, 3.63) is 36.1 Å². The molecule has 3 heteroatoms. The lowest BCUT2D eigenvalue weighted by molar-refractivity contribution is -0.126. The quantitative estimate of drug-likeness (QED) is 0.526. The lowest BCUT2D eigenvalue weighted by Gasteiger charge is -2.16. The van der Waals surface area contributed by atoms with Gasteiger partial charge in [-0.15, -0.1) is 0 Å². The van der Waals surface area contributed by atoms with Gasteiger partial charge >= 0.3 is 0 Å². The molecular weight excluding hydrogens is 274 g/mol. The summed E-state index contributed by atoms with van der Waals surface area (Å²) in [4.78, 5) is 13.4. The number of carbonyl (C=O) groups excluding carboxylic acids is 1. The average molecular weight is 307 g/mol. The van der Waals surface area contributed by atoms with Crippen LogP contribution in [0.1, 0.15) is 66.2 Å². The van der Waals surface area contributed by atoms with Gasteiger partial charge in [0.1, 0.15) is 0 Å². The van der Waals surface area contributed by atoms with Gasteiger partial charge in [-0.25, -0.2) is 0 Å². The van der Waals surface area contributed by atoms with Crippen molar-refractivity contribution >= 4 is 5.91 Å². The summed E-state index contributed by atoms with van der Waals surface area (Å²) in [5.74, 6) is 0.191. The number of aliphatic hydroxyl groups is 1. The molecule has 1 amide bonds. The van der Waals surface area contributed by atoms with Gasteiger partial charge in [-0.1, -0.05) is 58.8 Å². The number of allylic oxidation sites excluding steroid dienone is 3. The van der Waals surface area contributed by atoms with E-state index in [1.165, 1.54) is 0 Å². The molecule has 1 heterocycles. The molecule has 0 aliphatic carbocycles. The number of unbranched alkanes of at least 4 members (excludes halogenated alkanes) is 2. The first-order valence-electron chi connectivity index (χ1n) is 8.59. The topological polar surface area (TPSA) is 40.5 Å². The minimum Gasteiger partial charge on any atom is -0.388 e. The Morgan fingerprint density at radius 2 is 2.05 bits per heavy atom. The summed E-state index contributed by atoms with van der Waals surface area (Å²) in [7, 11) is 0. The molecule has 3 nitrogen and oxygen atoms in total. The maximum absolute atomic E-state index is 11.6. The van der Waals surface area contributed by atoms with E-state index in [0.29, 0.717) is 6.42 Å².